The Morgan fingerprint density at radius 3 is 2.76 bits per heavy atom. The summed E-state index contributed by atoms with van der Waals surface area (Å²) in [6.07, 6.45) is 0. The van der Waals surface area contributed by atoms with Gasteiger partial charge in [0.25, 0.3) is 5.91 Å². The van der Waals surface area contributed by atoms with Gasteiger partial charge in [-0.15, -0.1) is 6.07 Å². The largest absolute Gasteiger partial charge is 0.272 e. The molecule has 4 nitrogen and oxygen atoms in total. The molecule has 0 fully saturated rings. The summed E-state index contributed by atoms with van der Waals surface area (Å²) in [7, 11) is -2.77. The van der Waals surface area contributed by atoms with E-state index in [1.54, 1.807) is 12.1 Å². The second kappa shape index (κ2) is 5.27. The fraction of sp³-hybridized carbons (Fsp3) is 0.364. The van der Waals surface area contributed by atoms with Crippen LogP contribution < -0.4 is 4.72 Å². The molecule has 1 aromatic carbocycles. The van der Waals surface area contributed by atoms with Gasteiger partial charge in [-0.25, -0.2) is 8.57 Å². The van der Waals surface area contributed by atoms with Gasteiger partial charge in [0, 0.05) is 19.5 Å². The van der Waals surface area contributed by atoms with Gasteiger partial charge in [0.1, 0.15) is 16.5 Å². The molecule has 6 heteroatoms. The molecule has 0 saturated heterocycles. The Bertz CT molecular complexity index is 548. The molecule has 0 bridgehead atoms. The summed E-state index contributed by atoms with van der Waals surface area (Å²) in [6.45, 7) is 4.07. The van der Waals surface area contributed by atoms with Crippen molar-refractivity contribution >= 4 is 15.8 Å². The Hall–Kier alpha value is -0.737. The fourth-order valence-electron chi connectivity index (χ4n) is 1.47. The summed E-state index contributed by atoms with van der Waals surface area (Å²) in [6, 6.07) is 8.32. The number of rotatable bonds is 2. The predicted molar refractivity (Wildman–Crippen MR) is 61.2 cm³/mol. The molecule has 0 aliphatic carbocycles. The van der Waals surface area contributed by atoms with Crippen molar-refractivity contribution in [3.8, 4) is 0 Å². The molecule has 2 rings (SSSR count). The Labute approximate surface area is 114 Å². The van der Waals surface area contributed by atoms with Gasteiger partial charge in [0.05, 0.1) is 0 Å². The van der Waals surface area contributed by atoms with Crippen LogP contribution in [-0.2, 0) is 34.2 Å². The number of carbonyl (C=O) groups is 1. The van der Waals surface area contributed by atoms with E-state index in [0.29, 0.717) is 10.8 Å². The van der Waals surface area contributed by atoms with E-state index >= 15 is 0 Å². The van der Waals surface area contributed by atoms with Crippen LogP contribution in [0.4, 0.5) is 0 Å². The van der Waals surface area contributed by atoms with Crippen molar-refractivity contribution < 1.29 is 28.5 Å². The summed E-state index contributed by atoms with van der Waals surface area (Å²) in [5.41, 5.74) is 1.06. The molecule has 1 N–H and O–H groups in total. The summed E-state index contributed by atoms with van der Waals surface area (Å²) in [4.78, 5) is 11.5. The molecule has 1 unspecified atom stereocenters. The third-order valence-corrected chi connectivity index (χ3v) is 4.23. The molecule has 1 atom stereocenters. The zero-order chi connectivity index (χ0) is 11.8. The van der Waals surface area contributed by atoms with Gasteiger partial charge in [-0.1, -0.05) is 13.8 Å². The third kappa shape index (κ3) is 2.93. The van der Waals surface area contributed by atoms with Crippen LogP contribution >= 0.6 is 0 Å². The molecule has 0 aromatic heterocycles. The number of carbonyl (C=O) groups excluding carboxylic acids is 1. The maximum atomic E-state index is 12.2. The third-order valence-electron chi connectivity index (χ3n) is 2.41. The van der Waals surface area contributed by atoms with Gasteiger partial charge >= 0.3 is 0 Å². The first-order valence-corrected chi connectivity index (χ1v) is 6.58. The minimum Gasteiger partial charge on any atom is -0.272 e. The molecule has 95 valence electrons. The molecule has 1 amide bonds. The minimum atomic E-state index is -2.77. The van der Waals surface area contributed by atoms with E-state index in [2.05, 4.69) is 29.0 Å². The molecule has 1 aliphatic heterocycles. The van der Waals surface area contributed by atoms with Crippen molar-refractivity contribution in [2.24, 2.45) is 4.36 Å². The van der Waals surface area contributed by atoms with Gasteiger partial charge in [-0.3, -0.25) is 9.52 Å². The zero-order valence-corrected chi connectivity index (χ0v) is 12.0. The van der Waals surface area contributed by atoms with Crippen molar-refractivity contribution in [2.45, 2.75) is 24.7 Å². The Kier molecular flexibility index (Phi) is 4.44. The first-order chi connectivity index (χ1) is 7.51. The van der Waals surface area contributed by atoms with Crippen LogP contribution in [0.5, 0.6) is 0 Å². The van der Waals surface area contributed by atoms with E-state index in [-0.39, 0.29) is 31.9 Å². The van der Waals surface area contributed by atoms with Gasteiger partial charge in [-0.05, 0) is 10.8 Å². The summed E-state index contributed by atoms with van der Waals surface area (Å²) < 4.78 is 18.5. The normalized spacial score (nSPS) is 22.9. The molecule has 0 saturated carbocycles. The molecule has 0 spiro atoms. The molecule has 1 aliphatic rings. The molecular formula is C11H13N2O2RhS-. The van der Waals surface area contributed by atoms with Gasteiger partial charge < -0.3 is 0 Å². The second-order valence-electron chi connectivity index (χ2n) is 3.98. The van der Waals surface area contributed by atoms with Crippen LogP contribution in [0.2, 0.25) is 0 Å². The van der Waals surface area contributed by atoms with Gasteiger partial charge in [0.2, 0.25) is 0 Å². The number of hydrogen-bond acceptors (Lipinski definition) is 3. The quantitative estimate of drug-likeness (QED) is 0.655. The number of benzene rings is 1. The first-order valence-electron chi connectivity index (χ1n) is 5.06. The van der Waals surface area contributed by atoms with Crippen molar-refractivity contribution in [2.75, 3.05) is 6.54 Å². The van der Waals surface area contributed by atoms with E-state index in [0.717, 1.165) is 5.56 Å². The van der Waals surface area contributed by atoms with Crippen molar-refractivity contribution in [1.82, 2.24) is 4.72 Å². The number of nitrogens with one attached hydrogen (secondary N) is 1. The van der Waals surface area contributed by atoms with Gasteiger partial charge in [0.15, 0.2) is 0 Å². The predicted octanol–water partition coefficient (Wildman–Crippen LogP) is 1.48. The van der Waals surface area contributed by atoms with E-state index in [1.165, 1.54) is 0 Å². The number of hydrogen-bond donors (Lipinski definition) is 1. The van der Waals surface area contributed by atoms with Crippen molar-refractivity contribution in [3.63, 3.8) is 0 Å². The zero-order valence-electron chi connectivity index (χ0n) is 9.52. The maximum Gasteiger partial charge on any atom is 0.254 e. The molecule has 1 aromatic rings. The van der Waals surface area contributed by atoms with Crippen LogP contribution in [0, 0.1) is 6.07 Å². The summed E-state index contributed by atoms with van der Waals surface area (Å²) in [5, 5.41) is 0. The van der Waals surface area contributed by atoms with Crippen molar-refractivity contribution in [3.05, 3.63) is 29.8 Å². The number of nitrogens with zero attached hydrogens (tertiary/aromatic N) is 1. The summed E-state index contributed by atoms with van der Waals surface area (Å²) >= 11 is 0. The Morgan fingerprint density at radius 2 is 2.24 bits per heavy atom. The van der Waals surface area contributed by atoms with E-state index in [4.69, 9.17) is 0 Å². The summed E-state index contributed by atoms with van der Waals surface area (Å²) in [5.74, 6) is 0.0433. The SMILES string of the molecule is CC(C)c1cc[c-]c(S2(=O)=NCC(=O)N2)c1.[Rh]. The topological polar surface area (TPSA) is 58.5 Å². The molecule has 17 heavy (non-hydrogen) atoms. The Balaban J connectivity index is 0.00000144. The van der Waals surface area contributed by atoms with E-state index in [9.17, 15) is 9.00 Å². The smallest absolute Gasteiger partial charge is 0.254 e. The number of amides is 1. The minimum absolute atomic E-state index is 0. The van der Waals surface area contributed by atoms with Crippen LogP contribution in [0.1, 0.15) is 25.3 Å². The van der Waals surface area contributed by atoms with Crippen LogP contribution in [0.25, 0.3) is 0 Å². The molecule has 1 heterocycles. The second-order valence-corrected chi connectivity index (χ2v) is 5.93. The first kappa shape index (κ1) is 14.3. The fourth-order valence-corrected chi connectivity index (χ4v) is 2.98. The average molecular weight is 340 g/mol. The van der Waals surface area contributed by atoms with Crippen molar-refractivity contribution in [1.29, 1.82) is 0 Å². The maximum absolute atomic E-state index is 12.2. The standard InChI is InChI=1S/C11H13N2O2S.Rh/c1-8(2)9-4-3-5-10(6-9)16(15)12-7-11(14)13-16;/h3-4,6,8H,7H2,1-2H3,(H,12,13,14,15);/q-1;. The van der Waals surface area contributed by atoms with Crippen LogP contribution in [0.3, 0.4) is 0 Å². The van der Waals surface area contributed by atoms with E-state index in [1.807, 2.05) is 6.07 Å². The van der Waals surface area contributed by atoms with Crippen LogP contribution in [0.15, 0.2) is 27.5 Å². The van der Waals surface area contributed by atoms with Gasteiger partial charge in [-0.2, -0.15) is 23.8 Å². The monoisotopic (exact) mass is 340 g/mol. The van der Waals surface area contributed by atoms with Crippen LogP contribution in [-0.4, -0.2) is 16.7 Å². The van der Waals surface area contributed by atoms with E-state index < -0.39 is 9.92 Å². The molecule has 1 radical (unpaired) electrons. The Morgan fingerprint density at radius 1 is 1.53 bits per heavy atom. The average Bonchev–Trinajstić information content (AvgIpc) is 2.60. The molecular weight excluding hydrogens is 327 g/mol.